The van der Waals surface area contributed by atoms with Crippen LogP contribution in [0.5, 0.6) is 5.75 Å². The standard InChI is InChI=1S/C23H23F3N4O2/c1-14-3-5-15(6-4-14)12-27-22(31)18-13-28-30-20(23(24,25)26)11-19(29-21(18)30)16-7-9-17(32-2)10-8-16/h3-10,13,19-20,29H,11-12H2,1-2H3,(H,27,31)/t19-,20+/m0/s1. The van der Waals surface area contributed by atoms with Crippen molar-refractivity contribution in [2.45, 2.75) is 38.1 Å². The van der Waals surface area contributed by atoms with E-state index in [9.17, 15) is 18.0 Å². The third-order valence-corrected chi connectivity index (χ3v) is 5.57. The molecule has 3 aromatic rings. The quantitative estimate of drug-likeness (QED) is 0.594. The number of fused-ring (bicyclic) bond motifs is 1. The van der Waals surface area contributed by atoms with Crippen LogP contribution in [0.2, 0.25) is 0 Å². The van der Waals surface area contributed by atoms with Crippen LogP contribution in [-0.4, -0.2) is 29.0 Å². The Hall–Kier alpha value is -3.49. The zero-order chi connectivity index (χ0) is 22.9. The van der Waals surface area contributed by atoms with Gasteiger partial charge in [0.25, 0.3) is 5.91 Å². The Morgan fingerprint density at radius 3 is 2.50 bits per heavy atom. The lowest BCUT2D eigenvalue weighted by molar-refractivity contribution is -0.173. The average Bonchev–Trinajstić information content (AvgIpc) is 3.21. The highest BCUT2D eigenvalue weighted by Gasteiger charge is 2.47. The summed E-state index contributed by atoms with van der Waals surface area (Å²) in [5.41, 5.74) is 2.73. The molecule has 0 radical (unpaired) electrons. The van der Waals surface area contributed by atoms with Gasteiger partial charge in [-0.2, -0.15) is 18.3 Å². The van der Waals surface area contributed by atoms with Gasteiger partial charge in [0.1, 0.15) is 17.1 Å². The molecule has 0 spiro atoms. The predicted octanol–water partition coefficient (Wildman–Crippen LogP) is 4.79. The third-order valence-electron chi connectivity index (χ3n) is 5.57. The number of nitrogens with zero attached hydrogens (tertiary/aromatic N) is 2. The summed E-state index contributed by atoms with van der Waals surface area (Å²) >= 11 is 0. The Morgan fingerprint density at radius 2 is 1.88 bits per heavy atom. The van der Waals surface area contributed by atoms with Gasteiger partial charge in [0, 0.05) is 13.0 Å². The lowest BCUT2D eigenvalue weighted by atomic mass is 9.96. The molecule has 0 bridgehead atoms. The van der Waals surface area contributed by atoms with E-state index in [1.54, 1.807) is 24.3 Å². The SMILES string of the molecule is COc1ccc([C@@H]2C[C@H](C(F)(F)F)n3ncc(C(=O)NCc4ccc(C)cc4)c3N2)cc1. The fraction of sp³-hybridized carbons (Fsp3) is 0.304. The van der Waals surface area contributed by atoms with E-state index in [0.29, 0.717) is 11.3 Å². The van der Waals surface area contributed by atoms with Crippen molar-refractivity contribution >= 4 is 11.7 Å². The number of hydrogen-bond acceptors (Lipinski definition) is 4. The summed E-state index contributed by atoms with van der Waals surface area (Å²) in [4.78, 5) is 12.8. The molecule has 1 amide bonds. The van der Waals surface area contributed by atoms with Gasteiger partial charge in [-0.1, -0.05) is 42.0 Å². The van der Waals surface area contributed by atoms with Crippen molar-refractivity contribution < 1.29 is 22.7 Å². The van der Waals surface area contributed by atoms with Gasteiger partial charge < -0.3 is 15.4 Å². The van der Waals surface area contributed by atoms with E-state index in [1.165, 1.54) is 13.3 Å². The number of hydrogen-bond donors (Lipinski definition) is 2. The molecule has 4 rings (SSSR count). The molecule has 2 atom stereocenters. The number of methoxy groups -OCH3 is 1. The maximum atomic E-state index is 13.8. The number of benzene rings is 2. The fourth-order valence-electron chi connectivity index (χ4n) is 3.77. The smallest absolute Gasteiger partial charge is 0.410 e. The normalized spacial score (nSPS) is 17.9. The molecule has 2 aromatic carbocycles. The zero-order valence-electron chi connectivity index (χ0n) is 17.6. The molecule has 0 fully saturated rings. The molecule has 2 N–H and O–H groups in total. The van der Waals surface area contributed by atoms with Crippen molar-refractivity contribution in [2.24, 2.45) is 0 Å². The summed E-state index contributed by atoms with van der Waals surface area (Å²) in [7, 11) is 1.52. The maximum Gasteiger partial charge on any atom is 0.410 e. The number of nitrogens with one attached hydrogen (secondary N) is 2. The van der Waals surface area contributed by atoms with Gasteiger partial charge in [0.2, 0.25) is 0 Å². The minimum Gasteiger partial charge on any atom is -0.497 e. The Morgan fingerprint density at radius 1 is 1.19 bits per heavy atom. The third kappa shape index (κ3) is 4.42. The molecule has 168 valence electrons. The van der Waals surface area contributed by atoms with Crippen LogP contribution in [0.3, 0.4) is 0 Å². The lowest BCUT2D eigenvalue weighted by Crippen LogP contribution is -2.36. The van der Waals surface area contributed by atoms with Gasteiger partial charge in [-0.3, -0.25) is 4.79 Å². The molecule has 1 aliphatic heterocycles. The number of carbonyl (C=O) groups is 1. The summed E-state index contributed by atoms with van der Waals surface area (Å²) in [5, 5.41) is 9.75. The number of aryl methyl sites for hydroxylation is 1. The number of amides is 1. The van der Waals surface area contributed by atoms with Gasteiger partial charge in [0.15, 0.2) is 6.04 Å². The Balaban J connectivity index is 1.60. The van der Waals surface area contributed by atoms with Crippen LogP contribution in [0.15, 0.2) is 54.7 Å². The maximum absolute atomic E-state index is 13.8. The van der Waals surface area contributed by atoms with E-state index in [0.717, 1.165) is 15.8 Å². The second-order valence-corrected chi connectivity index (χ2v) is 7.78. The van der Waals surface area contributed by atoms with E-state index in [1.807, 2.05) is 31.2 Å². The average molecular weight is 444 g/mol. The van der Waals surface area contributed by atoms with Crippen molar-refractivity contribution in [1.82, 2.24) is 15.1 Å². The number of anilines is 1. The largest absolute Gasteiger partial charge is 0.497 e. The summed E-state index contributed by atoms with van der Waals surface area (Å²) < 4.78 is 47.5. The summed E-state index contributed by atoms with van der Waals surface area (Å²) in [5.74, 6) is 0.176. The van der Waals surface area contributed by atoms with Crippen LogP contribution in [0.1, 0.15) is 45.6 Å². The van der Waals surface area contributed by atoms with Gasteiger partial charge in [-0.15, -0.1) is 0 Å². The minimum atomic E-state index is -4.51. The highest BCUT2D eigenvalue weighted by atomic mass is 19.4. The number of halogens is 3. The van der Waals surface area contributed by atoms with Gasteiger partial charge in [-0.25, -0.2) is 4.68 Å². The second-order valence-electron chi connectivity index (χ2n) is 7.78. The summed E-state index contributed by atoms with van der Waals surface area (Å²) in [6, 6.07) is 12.0. The van der Waals surface area contributed by atoms with Gasteiger partial charge in [0.05, 0.1) is 19.3 Å². The van der Waals surface area contributed by atoms with Crippen LogP contribution >= 0.6 is 0 Å². The van der Waals surface area contributed by atoms with E-state index in [2.05, 4.69) is 15.7 Å². The van der Waals surface area contributed by atoms with Crippen LogP contribution in [0.25, 0.3) is 0 Å². The molecule has 2 heterocycles. The Bertz CT molecular complexity index is 1090. The topological polar surface area (TPSA) is 68.2 Å². The summed E-state index contributed by atoms with van der Waals surface area (Å²) in [6.07, 6.45) is -3.57. The van der Waals surface area contributed by atoms with Crippen LogP contribution in [-0.2, 0) is 6.54 Å². The number of ether oxygens (including phenoxy) is 1. The molecule has 1 aliphatic rings. The van der Waals surface area contributed by atoms with Crippen LogP contribution in [0.4, 0.5) is 19.0 Å². The van der Waals surface area contributed by atoms with Crippen molar-refractivity contribution in [3.8, 4) is 5.75 Å². The minimum absolute atomic E-state index is 0.0563. The van der Waals surface area contributed by atoms with Crippen molar-refractivity contribution in [2.75, 3.05) is 12.4 Å². The van der Waals surface area contributed by atoms with E-state index in [-0.39, 0.29) is 24.3 Å². The molecule has 0 aliphatic carbocycles. The number of alkyl halides is 3. The molecule has 1 aromatic heterocycles. The lowest BCUT2D eigenvalue weighted by Gasteiger charge is -2.34. The number of rotatable bonds is 5. The zero-order valence-corrected chi connectivity index (χ0v) is 17.6. The molecule has 0 saturated carbocycles. The Labute approximate surface area is 183 Å². The van der Waals surface area contributed by atoms with Gasteiger partial charge in [-0.05, 0) is 30.2 Å². The Kier molecular flexibility index (Phi) is 5.82. The van der Waals surface area contributed by atoms with Crippen molar-refractivity contribution in [3.63, 3.8) is 0 Å². The van der Waals surface area contributed by atoms with Crippen molar-refractivity contribution in [1.29, 1.82) is 0 Å². The first kappa shape index (κ1) is 21.7. The molecular weight excluding hydrogens is 421 g/mol. The summed E-state index contributed by atoms with van der Waals surface area (Å²) in [6.45, 7) is 2.22. The predicted molar refractivity (Wildman–Crippen MR) is 114 cm³/mol. The van der Waals surface area contributed by atoms with Crippen LogP contribution < -0.4 is 15.4 Å². The molecular formula is C23H23F3N4O2. The highest BCUT2D eigenvalue weighted by molar-refractivity contribution is 5.98. The number of aromatic nitrogens is 2. The first-order valence-corrected chi connectivity index (χ1v) is 10.1. The van der Waals surface area contributed by atoms with Crippen molar-refractivity contribution in [3.05, 3.63) is 77.0 Å². The molecule has 9 heteroatoms. The first-order valence-electron chi connectivity index (χ1n) is 10.1. The first-order chi connectivity index (χ1) is 15.3. The monoisotopic (exact) mass is 444 g/mol. The van der Waals surface area contributed by atoms with E-state index < -0.39 is 24.2 Å². The van der Waals surface area contributed by atoms with Gasteiger partial charge >= 0.3 is 6.18 Å². The molecule has 6 nitrogen and oxygen atoms in total. The molecule has 0 saturated heterocycles. The molecule has 32 heavy (non-hydrogen) atoms. The van der Waals surface area contributed by atoms with E-state index in [4.69, 9.17) is 4.74 Å². The highest BCUT2D eigenvalue weighted by Crippen LogP contribution is 2.44. The molecule has 0 unspecified atom stereocenters. The van der Waals surface area contributed by atoms with E-state index >= 15 is 0 Å². The number of carbonyl (C=O) groups excluding carboxylic acids is 1. The van der Waals surface area contributed by atoms with Crippen LogP contribution in [0, 0.1) is 6.92 Å². The second kappa shape index (κ2) is 8.57. The fourth-order valence-corrected chi connectivity index (χ4v) is 3.77.